The lowest BCUT2D eigenvalue weighted by Gasteiger charge is -2.33. The lowest BCUT2D eigenvalue weighted by atomic mass is 10.2. The van der Waals surface area contributed by atoms with Crippen LogP contribution in [0.2, 0.25) is 0 Å². The third-order valence-electron chi connectivity index (χ3n) is 4.57. The molecule has 158 valence electrons. The van der Waals surface area contributed by atoms with E-state index in [1.54, 1.807) is 6.07 Å². The Kier molecular flexibility index (Phi) is 6.75. The van der Waals surface area contributed by atoms with Crippen LogP contribution in [-0.2, 0) is 17.9 Å². The van der Waals surface area contributed by atoms with Crippen LogP contribution >= 0.6 is 0 Å². The lowest BCUT2D eigenvalue weighted by Crippen LogP contribution is -2.49. The number of aryl methyl sites for hydroxylation is 1. The molecule has 0 radical (unpaired) electrons. The smallest absolute Gasteiger partial charge is 0.405 e. The molecular weight excluding hydrogens is 389 g/mol. The summed E-state index contributed by atoms with van der Waals surface area (Å²) in [5.41, 5.74) is 1.15. The first-order valence-corrected chi connectivity index (χ1v) is 9.26. The number of benzene rings is 1. The molecule has 2 heterocycles. The standard InChI is InChI=1S/C19H23F3N4O3/c1-14-10-16(24-29-14)12-25-6-8-26(9-7-25)13-18(27)23-11-15-4-2-3-5-17(15)28-19(20,21)22/h2-5,10H,6-9,11-13H2,1H3,(H,23,27). The molecule has 0 unspecified atom stereocenters. The number of ether oxygens (including phenoxy) is 1. The number of nitrogens with one attached hydrogen (secondary N) is 1. The van der Waals surface area contributed by atoms with Gasteiger partial charge < -0.3 is 14.6 Å². The van der Waals surface area contributed by atoms with Gasteiger partial charge in [-0.15, -0.1) is 13.2 Å². The molecule has 1 aromatic heterocycles. The molecule has 0 spiro atoms. The summed E-state index contributed by atoms with van der Waals surface area (Å²) in [6.07, 6.45) is -4.77. The van der Waals surface area contributed by atoms with Crippen molar-refractivity contribution in [3.05, 3.63) is 47.3 Å². The van der Waals surface area contributed by atoms with Crippen molar-refractivity contribution in [2.45, 2.75) is 26.4 Å². The van der Waals surface area contributed by atoms with Crippen LogP contribution in [-0.4, -0.2) is 59.9 Å². The van der Waals surface area contributed by atoms with Gasteiger partial charge in [-0.25, -0.2) is 0 Å². The van der Waals surface area contributed by atoms with Crippen molar-refractivity contribution in [1.29, 1.82) is 0 Å². The van der Waals surface area contributed by atoms with Crippen LogP contribution in [0.4, 0.5) is 13.2 Å². The fourth-order valence-electron chi connectivity index (χ4n) is 3.15. The fourth-order valence-corrected chi connectivity index (χ4v) is 3.15. The van der Waals surface area contributed by atoms with Gasteiger partial charge in [-0.3, -0.25) is 14.6 Å². The number of nitrogens with zero attached hydrogens (tertiary/aromatic N) is 3. The van der Waals surface area contributed by atoms with Crippen molar-refractivity contribution in [1.82, 2.24) is 20.3 Å². The molecule has 0 atom stereocenters. The SMILES string of the molecule is Cc1cc(CN2CCN(CC(=O)NCc3ccccc3OC(F)(F)F)CC2)no1. The summed E-state index contributed by atoms with van der Waals surface area (Å²) >= 11 is 0. The van der Waals surface area contributed by atoms with Gasteiger partial charge in [0.25, 0.3) is 0 Å². The molecular formula is C19H23F3N4O3. The first-order valence-electron chi connectivity index (χ1n) is 9.26. The Morgan fingerprint density at radius 2 is 1.90 bits per heavy atom. The van der Waals surface area contributed by atoms with E-state index in [4.69, 9.17) is 4.52 Å². The molecule has 0 saturated carbocycles. The molecule has 0 aliphatic carbocycles. The van der Waals surface area contributed by atoms with Gasteiger partial charge in [0.05, 0.1) is 12.2 Å². The number of carbonyl (C=O) groups excluding carboxylic acids is 1. The molecule has 1 aromatic carbocycles. The highest BCUT2D eigenvalue weighted by atomic mass is 19.4. The number of carbonyl (C=O) groups is 1. The summed E-state index contributed by atoms with van der Waals surface area (Å²) in [5.74, 6) is 0.224. The predicted octanol–water partition coefficient (Wildman–Crippen LogP) is 2.32. The zero-order valence-electron chi connectivity index (χ0n) is 16.0. The van der Waals surface area contributed by atoms with Crippen molar-refractivity contribution in [2.75, 3.05) is 32.7 Å². The molecule has 10 heteroatoms. The topological polar surface area (TPSA) is 70.8 Å². The van der Waals surface area contributed by atoms with Gasteiger partial charge in [0.1, 0.15) is 11.5 Å². The van der Waals surface area contributed by atoms with E-state index in [0.717, 1.165) is 37.6 Å². The van der Waals surface area contributed by atoms with Crippen LogP contribution in [0, 0.1) is 6.92 Å². The van der Waals surface area contributed by atoms with E-state index in [0.29, 0.717) is 6.54 Å². The van der Waals surface area contributed by atoms with Gasteiger partial charge in [-0.2, -0.15) is 0 Å². The fraction of sp³-hybridized carbons (Fsp3) is 0.474. The quantitative estimate of drug-likeness (QED) is 0.753. The molecule has 3 rings (SSSR count). The Balaban J connectivity index is 1.42. The number of amides is 1. The molecule has 1 aliphatic rings. The molecule has 7 nitrogen and oxygen atoms in total. The first-order chi connectivity index (χ1) is 13.8. The number of rotatable bonds is 7. The molecule has 1 N–H and O–H groups in total. The second kappa shape index (κ2) is 9.27. The minimum Gasteiger partial charge on any atom is -0.405 e. The number of para-hydroxylation sites is 1. The van der Waals surface area contributed by atoms with E-state index >= 15 is 0 Å². The van der Waals surface area contributed by atoms with Gasteiger partial charge in [0, 0.05) is 50.9 Å². The summed E-state index contributed by atoms with van der Waals surface area (Å²) < 4.78 is 46.5. The summed E-state index contributed by atoms with van der Waals surface area (Å²) in [7, 11) is 0. The molecule has 0 bridgehead atoms. The third kappa shape index (κ3) is 6.75. The number of alkyl halides is 3. The molecule has 1 amide bonds. The van der Waals surface area contributed by atoms with Gasteiger partial charge in [0.2, 0.25) is 5.91 Å². The maximum Gasteiger partial charge on any atom is 0.573 e. The normalized spacial score (nSPS) is 16.0. The van der Waals surface area contributed by atoms with Gasteiger partial charge >= 0.3 is 6.36 Å². The average Bonchev–Trinajstić information content (AvgIpc) is 3.06. The molecule has 29 heavy (non-hydrogen) atoms. The van der Waals surface area contributed by atoms with Crippen molar-refractivity contribution < 1.29 is 27.2 Å². The first kappa shape index (κ1) is 21.1. The second-order valence-electron chi connectivity index (χ2n) is 6.91. The minimum atomic E-state index is -4.77. The maximum absolute atomic E-state index is 12.5. The van der Waals surface area contributed by atoms with Gasteiger partial charge in [0.15, 0.2) is 0 Å². The van der Waals surface area contributed by atoms with Crippen LogP contribution in [0.15, 0.2) is 34.9 Å². The molecule has 2 aromatic rings. The Labute approximate surface area is 166 Å². The van der Waals surface area contributed by atoms with E-state index in [-0.39, 0.29) is 30.3 Å². The number of hydrogen-bond acceptors (Lipinski definition) is 6. The molecule has 1 aliphatic heterocycles. The summed E-state index contributed by atoms with van der Waals surface area (Å²) in [5, 5.41) is 6.65. The number of aromatic nitrogens is 1. The monoisotopic (exact) mass is 412 g/mol. The summed E-state index contributed by atoms with van der Waals surface area (Å²) in [6, 6.07) is 7.67. The predicted molar refractivity (Wildman–Crippen MR) is 97.9 cm³/mol. The summed E-state index contributed by atoms with van der Waals surface area (Å²) in [6.45, 7) is 5.74. The number of piperazine rings is 1. The minimum absolute atomic E-state index is 0.0312. The molecule has 1 saturated heterocycles. The Morgan fingerprint density at radius 3 is 2.55 bits per heavy atom. The third-order valence-corrected chi connectivity index (χ3v) is 4.57. The zero-order chi connectivity index (χ0) is 20.9. The Hall–Kier alpha value is -2.59. The van der Waals surface area contributed by atoms with Crippen molar-refractivity contribution in [3.63, 3.8) is 0 Å². The maximum atomic E-state index is 12.5. The van der Waals surface area contributed by atoms with Crippen molar-refractivity contribution in [2.24, 2.45) is 0 Å². The highest BCUT2D eigenvalue weighted by molar-refractivity contribution is 5.78. The van der Waals surface area contributed by atoms with E-state index in [1.807, 2.05) is 17.9 Å². The average molecular weight is 412 g/mol. The Morgan fingerprint density at radius 1 is 1.21 bits per heavy atom. The van der Waals surface area contributed by atoms with E-state index in [9.17, 15) is 18.0 Å². The van der Waals surface area contributed by atoms with Gasteiger partial charge in [-0.05, 0) is 13.0 Å². The largest absolute Gasteiger partial charge is 0.573 e. The van der Waals surface area contributed by atoms with Crippen LogP contribution in [0.5, 0.6) is 5.75 Å². The number of hydrogen-bond donors (Lipinski definition) is 1. The highest BCUT2D eigenvalue weighted by Crippen LogP contribution is 2.26. The van der Waals surface area contributed by atoms with Crippen molar-refractivity contribution in [3.8, 4) is 5.75 Å². The summed E-state index contributed by atoms with van der Waals surface area (Å²) in [4.78, 5) is 16.4. The van der Waals surface area contributed by atoms with Crippen LogP contribution in [0.25, 0.3) is 0 Å². The van der Waals surface area contributed by atoms with E-state index in [1.165, 1.54) is 18.2 Å². The molecule has 1 fully saturated rings. The van der Waals surface area contributed by atoms with E-state index in [2.05, 4.69) is 20.1 Å². The van der Waals surface area contributed by atoms with Crippen LogP contribution < -0.4 is 10.1 Å². The number of halogens is 3. The van der Waals surface area contributed by atoms with Crippen LogP contribution in [0.3, 0.4) is 0 Å². The lowest BCUT2D eigenvalue weighted by molar-refractivity contribution is -0.274. The second-order valence-corrected chi connectivity index (χ2v) is 6.91. The van der Waals surface area contributed by atoms with Crippen molar-refractivity contribution >= 4 is 5.91 Å². The zero-order valence-corrected chi connectivity index (χ0v) is 16.0. The van der Waals surface area contributed by atoms with Gasteiger partial charge in [-0.1, -0.05) is 23.4 Å². The van der Waals surface area contributed by atoms with E-state index < -0.39 is 6.36 Å². The van der Waals surface area contributed by atoms with Crippen LogP contribution in [0.1, 0.15) is 17.0 Å². The highest BCUT2D eigenvalue weighted by Gasteiger charge is 2.32. The Bertz CT molecular complexity index is 817.